The van der Waals surface area contributed by atoms with Crippen molar-refractivity contribution in [2.75, 3.05) is 39.0 Å². The molecule has 0 aromatic carbocycles. The first-order chi connectivity index (χ1) is 9.30. The average molecular weight is 270 g/mol. The molecule has 0 radical (unpaired) electrons. The van der Waals surface area contributed by atoms with Crippen LogP contribution in [-0.2, 0) is 15.9 Å². The summed E-state index contributed by atoms with van der Waals surface area (Å²) in [7, 11) is 1.64. The fraction of sp³-hybridized carbons (Fsp3) is 0.667. The molecule has 0 aliphatic heterocycles. The topological polar surface area (TPSA) is 91.5 Å². The maximum Gasteiger partial charge on any atom is 0.218 e. The van der Waals surface area contributed by atoms with Crippen molar-refractivity contribution in [3.8, 4) is 5.88 Å². The van der Waals surface area contributed by atoms with E-state index in [-0.39, 0.29) is 0 Å². The third kappa shape index (κ3) is 6.32. The maximum absolute atomic E-state index is 5.50. The van der Waals surface area contributed by atoms with Gasteiger partial charge < -0.3 is 19.6 Å². The summed E-state index contributed by atoms with van der Waals surface area (Å²) >= 11 is 0. The molecule has 1 aromatic heterocycles. The van der Waals surface area contributed by atoms with Crippen molar-refractivity contribution in [1.82, 2.24) is 9.97 Å². The molecule has 0 fully saturated rings. The quantitative estimate of drug-likeness (QED) is 0.368. The van der Waals surface area contributed by atoms with Gasteiger partial charge in [-0.05, 0) is 6.42 Å². The van der Waals surface area contributed by atoms with E-state index in [4.69, 9.17) is 20.1 Å². The number of rotatable bonds is 10. The Kier molecular flexibility index (Phi) is 7.80. The van der Waals surface area contributed by atoms with Crippen molar-refractivity contribution in [2.45, 2.75) is 19.8 Å². The molecular weight excluding hydrogens is 248 g/mol. The number of nitrogen functional groups attached to an aromatic ring is 1. The second-order valence-electron chi connectivity index (χ2n) is 3.86. The standard InChI is InChI=1S/C12H22N4O3/c1-3-4-10-14-11(16-13)9-12(15-10)19-8-7-18-6-5-17-2/h9H,3-8,13H2,1-2H3,(H,14,15,16). The first-order valence-corrected chi connectivity index (χ1v) is 6.34. The van der Waals surface area contributed by atoms with E-state index in [1.165, 1.54) is 0 Å². The first kappa shape index (κ1) is 15.6. The number of nitrogens with zero attached hydrogens (tertiary/aromatic N) is 2. The van der Waals surface area contributed by atoms with Gasteiger partial charge in [-0.2, -0.15) is 4.98 Å². The van der Waals surface area contributed by atoms with Gasteiger partial charge in [0, 0.05) is 19.6 Å². The fourth-order valence-corrected chi connectivity index (χ4v) is 1.41. The minimum atomic E-state index is 0.427. The third-order valence-electron chi connectivity index (χ3n) is 2.28. The van der Waals surface area contributed by atoms with Crippen molar-refractivity contribution in [3.63, 3.8) is 0 Å². The number of hydrogen-bond donors (Lipinski definition) is 2. The molecule has 1 aromatic rings. The number of aromatic nitrogens is 2. The molecule has 19 heavy (non-hydrogen) atoms. The lowest BCUT2D eigenvalue weighted by Crippen LogP contribution is -2.13. The molecule has 1 rings (SSSR count). The van der Waals surface area contributed by atoms with Crippen LogP contribution in [0.1, 0.15) is 19.2 Å². The molecule has 0 amide bonds. The first-order valence-electron chi connectivity index (χ1n) is 6.34. The summed E-state index contributed by atoms with van der Waals surface area (Å²) in [4.78, 5) is 8.53. The van der Waals surface area contributed by atoms with E-state index in [1.54, 1.807) is 13.2 Å². The molecule has 0 saturated heterocycles. The molecule has 0 aliphatic carbocycles. The fourth-order valence-electron chi connectivity index (χ4n) is 1.41. The zero-order chi connectivity index (χ0) is 13.9. The van der Waals surface area contributed by atoms with E-state index in [9.17, 15) is 0 Å². The second-order valence-corrected chi connectivity index (χ2v) is 3.86. The number of hydrazine groups is 1. The average Bonchev–Trinajstić information content (AvgIpc) is 2.43. The number of methoxy groups -OCH3 is 1. The van der Waals surface area contributed by atoms with Crippen LogP contribution in [0.3, 0.4) is 0 Å². The van der Waals surface area contributed by atoms with E-state index < -0.39 is 0 Å². The highest BCUT2D eigenvalue weighted by molar-refractivity contribution is 5.36. The van der Waals surface area contributed by atoms with Crippen LogP contribution >= 0.6 is 0 Å². The summed E-state index contributed by atoms with van der Waals surface area (Å²) in [5, 5.41) is 0. The van der Waals surface area contributed by atoms with Gasteiger partial charge in [-0.1, -0.05) is 6.92 Å². The minimum absolute atomic E-state index is 0.427. The van der Waals surface area contributed by atoms with Crippen LogP contribution < -0.4 is 16.0 Å². The lowest BCUT2D eigenvalue weighted by Gasteiger charge is -2.09. The van der Waals surface area contributed by atoms with Crippen molar-refractivity contribution in [1.29, 1.82) is 0 Å². The molecular formula is C12H22N4O3. The largest absolute Gasteiger partial charge is 0.475 e. The van der Waals surface area contributed by atoms with Gasteiger partial charge in [0.15, 0.2) is 0 Å². The summed E-state index contributed by atoms with van der Waals surface area (Å²) < 4.78 is 15.7. The van der Waals surface area contributed by atoms with Crippen molar-refractivity contribution < 1.29 is 14.2 Å². The Morgan fingerprint density at radius 1 is 1.21 bits per heavy atom. The third-order valence-corrected chi connectivity index (χ3v) is 2.28. The van der Waals surface area contributed by atoms with E-state index >= 15 is 0 Å². The maximum atomic E-state index is 5.50. The molecule has 0 atom stereocenters. The highest BCUT2D eigenvalue weighted by Gasteiger charge is 2.04. The summed E-state index contributed by atoms with van der Waals surface area (Å²) in [5.74, 6) is 7.13. The van der Waals surface area contributed by atoms with Gasteiger partial charge in [0.25, 0.3) is 0 Å². The molecule has 0 bridgehead atoms. The van der Waals surface area contributed by atoms with Crippen LogP contribution in [0.25, 0.3) is 0 Å². The second kappa shape index (κ2) is 9.48. The van der Waals surface area contributed by atoms with Crippen LogP contribution in [0.2, 0.25) is 0 Å². The summed E-state index contributed by atoms with van der Waals surface area (Å²) in [6.07, 6.45) is 1.75. The summed E-state index contributed by atoms with van der Waals surface area (Å²) in [6.45, 7) is 4.12. The Balaban J connectivity index is 2.41. The lowest BCUT2D eigenvalue weighted by molar-refractivity contribution is 0.0536. The predicted molar refractivity (Wildman–Crippen MR) is 72.0 cm³/mol. The van der Waals surface area contributed by atoms with Crippen molar-refractivity contribution >= 4 is 5.82 Å². The molecule has 3 N–H and O–H groups in total. The zero-order valence-corrected chi connectivity index (χ0v) is 11.5. The number of hydrogen-bond acceptors (Lipinski definition) is 7. The van der Waals surface area contributed by atoms with Gasteiger partial charge in [0.1, 0.15) is 18.2 Å². The van der Waals surface area contributed by atoms with Gasteiger partial charge in [-0.15, -0.1) is 0 Å². The Morgan fingerprint density at radius 2 is 2.00 bits per heavy atom. The Morgan fingerprint density at radius 3 is 2.68 bits per heavy atom. The lowest BCUT2D eigenvalue weighted by atomic mass is 10.3. The van der Waals surface area contributed by atoms with Crippen LogP contribution in [0.4, 0.5) is 5.82 Å². The van der Waals surface area contributed by atoms with Crippen molar-refractivity contribution in [3.05, 3.63) is 11.9 Å². The van der Waals surface area contributed by atoms with E-state index in [0.717, 1.165) is 12.8 Å². The van der Waals surface area contributed by atoms with Crippen LogP contribution in [0.5, 0.6) is 5.88 Å². The highest BCUT2D eigenvalue weighted by atomic mass is 16.5. The number of ether oxygens (including phenoxy) is 3. The Labute approximate surface area is 113 Å². The summed E-state index contributed by atoms with van der Waals surface area (Å²) in [5.41, 5.74) is 2.51. The monoisotopic (exact) mass is 270 g/mol. The number of nitrogens with one attached hydrogen (secondary N) is 1. The minimum Gasteiger partial charge on any atom is -0.475 e. The van der Waals surface area contributed by atoms with Crippen LogP contribution in [0, 0.1) is 0 Å². The van der Waals surface area contributed by atoms with Gasteiger partial charge >= 0.3 is 0 Å². The van der Waals surface area contributed by atoms with Crippen LogP contribution in [0.15, 0.2) is 6.07 Å². The predicted octanol–water partition coefficient (Wildman–Crippen LogP) is 0.756. The Bertz CT molecular complexity index is 363. The number of anilines is 1. The number of nitrogens with two attached hydrogens (primary N) is 1. The van der Waals surface area contributed by atoms with Gasteiger partial charge in [0.2, 0.25) is 5.88 Å². The number of aryl methyl sites for hydroxylation is 1. The van der Waals surface area contributed by atoms with Gasteiger partial charge in [-0.25, -0.2) is 10.8 Å². The van der Waals surface area contributed by atoms with Crippen molar-refractivity contribution in [2.24, 2.45) is 5.84 Å². The molecule has 0 spiro atoms. The molecule has 0 unspecified atom stereocenters. The molecule has 7 nitrogen and oxygen atoms in total. The van der Waals surface area contributed by atoms with Gasteiger partial charge in [-0.3, -0.25) is 0 Å². The molecule has 0 saturated carbocycles. The van der Waals surface area contributed by atoms with Gasteiger partial charge in [0.05, 0.1) is 19.8 Å². The molecule has 0 aliphatic rings. The SMILES string of the molecule is CCCc1nc(NN)cc(OCCOCCOC)n1. The van der Waals surface area contributed by atoms with E-state index in [1.807, 2.05) is 0 Å². The highest BCUT2D eigenvalue weighted by Crippen LogP contribution is 2.13. The smallest absolute Gasteiger partial charge is 0.218 e. The zero-order valence-electron chi connectivity index (χ0n) is 11.5. The van der Waals surface area contributed by atoms with E-state index in [2.05, 4.69) is 22.3 Å². The molecule has 1 heterocycles. The summed E-state index contributed by atoms with van der Waals surface area (Å²) in [6, 6.07) is 1.66. The molecule has 108 valence electrons. The Hall–Kier alpha value is -1.44. The van der Waals surface area contributed by atoms with Crippen LogP contribution in [-0.4, -0.2) is 43.5 Å². The van der Waals surface area contributed by atoms with E-state index in [0.29, 0.717) is 43.9 Å². The molecule has 7 heteroatoms. The normalized spacial score (nSPS) is 10.5.